The first-order valence-corrected chi connectivity index (χ1v) is 10.9. The van der Waals surface area contributed by atoms with Crippen molar-refractivity contribution in [3.05, 3.63) is 93.3 Å². The molecule has 0 spiro atoms. The number of thioether (sulfide) groups is 1. The van der Waals surface area contributed by atoms with Crippen molar-refractivity contribution < 1.29 is 4.79 Å². The highest BCUT2D eigenvalue weighted by Crippen LogP contribution is 2.34. The first kappa shape index (κ1) is 21.0. The molecular weight excluding hydrogens is 428 g/mol. The molecule has 0 saturated carbocycles. The third kappa shape index (κ3) is 4.30. The molecule has 3 heterocycles. The summed E-state index contributed by atoms with van der Waals surface area (Å²) in [4.78, 5) is 32.7. The van der Waals surface area contributed by atoms with Gasteiger partial charge >= 0.3 is 0 Å². The molecule has 1 N–H and O–H groups in total. The van der Waals surface area contributed by atoms with Crippen LogP contribution in [0, 0.1) is 6.92 Å². The number of thiocarbonyl (C=S) groups is 1. The van der Waals surface area contributed by atoms with E-state index in [9.17, 15) is 9.59 Å². The van der Waals surface area contributed by atoms with E-state index in [1.165, 1.54) is 16.2 Å². The summed E-state index contributed by atoms with van der Waals surface area (Å²) in [7, 11) is 0. The predicted octanol–water partition coefficient (Wildman–Crippen LogP) is 4.00. The number of benzene rings is 1. The highest BCUT2D eigenvalue weighted by atomic mass is 32.2. The molecule has 2 aromatic heterocycles. The van der Waals surface area contributed by atoms with Crippen LogP contribution in [-0.2, 0) is 11.3 Å². The van der Waals surface area contributed by atoms with Gasteiger partial charge in [-0.25, -0.2) is 4.98 Å². The summed E-state index contributed by atoms with van der Waals surface area (Å²) in [5.41, 5.74) is 2.70. The summed E-state index contributed by atoms with van der Waals surface area (Å²) < 4.78 is 1.92. The summed E-state index contributed by atoms with van der Waals surface area (Å²) in [6.45, 7) is 6.54. The Morgan fingerprint density at radius 2 is 1.97 bits per heavy atom. The minimum absolute atomic E-state index is 0.220. The van der Waals surface area contributed by atoms with Crippen molar-refractivity contribution in [1.29, 1.82) is 0 Å². The predicted molar refractivity (Wildman–Crippen MR) is 130 cm³/mol. The Hall–Kier alpha value is -3.23. The SMILES string of the molecule is C=CCNc1nc2ccccn2c(=O)c1/C=C1/SC(=S)N(Cc2ccc(C)cc2)C1=O. The maximum absolute atomic E-state index is 13.1. The number of fused-ring (bicyclic) bond motifs is 1. The number of carbonyl (C=O) groups excluding carboxylic acids is 1. The molecule has 0 unspecified atom stereocenters. The van der Waals surface area contributed by atoms with Crippen molar-refractivity contribution in [3.63, 3.8) is 0 Å². The molecule has 0 aliphatic carbocycles. The van der Waals surface area contributed by atoms with Crippen LogP contribution >= 0.6 is 24.0 Å². The molecule has 1 fully saturated rings. The van der Waals surface area contributed by atoms with Crippen LogP contribution in [0.1, 0.15) is 16.7 Å². The van der Waals surface area contributed by atoms with E-state index in [1.54, 1.807) is 35.4 Å². The number of hydrogen-bond donors (Lipinski definition) is 1. The first-order chi connectivity index (χ1) is 15.0. The van der Waals surface area contributed by atoms with Gasteiger partial charge in [0.15, 0.2) is 0 Å². The molecule has 1 aromatic carbocycles. The van der Waals surface area contributed by atoms with Gasteiger partial charge in [-0.05, 0) is 30.7 Å². The van der Waals surface area contributed by atoms with Gasteiger partial charge in [0.25, 0.3) is 11.5 Å². The molecular formula is C23H20N4O2S2. The second kappa shape index (κ2) is 8.87. The molecule has 1 aliphatic rings. The molecule has 0 atom stereocenters. The van der Waals surface area contributed by atoms with E-state index in [1.807, 2.05) is 37.3 Å². The number of nitrogens with one attached hydrogen (secondary N) is 1. The molecule has 1 amide bonds. The topological polar surface area (TPSA) is 66.7 Å². The number of nitrogens with zero attached hydrogens (tertiary/aromatic N) is 3. The fourth-order valence-corrected chi connectivity index (χ4v) is 4.42. The van der Waals surface area contributed by atoms with Gasteiger partial charge in [-0.15, -0.1) is 6.58 Å². The van der Waals surface area contributed by atoms with E-state index in [0.29, 0.717) is 39.3 Å². The van der Waals surface area contributed by atoms with Crippen molar-refractivity contribution >= 4 is 51.7 Å². The lowest BCUT2D eigenvalue weighted by molar-refractivity contribution is -0.122. The Labute approximate surface area is 189 Å². The van der Waals surface area contributed by atoms with Crippen molar-refractivity contribution in [2.45, 2.75) is 13.5 Å². The molecule has 0 radical (unpaired) electrons. The number of hydrogen-bond acceptors (Lipinski definition) is 6. The number of carbonyl (C=O) groups is 1. The lowest BCUT2D eigenvalue weighted by atomic mass is 10.1. The number of aromatic nitrogens is 2. The Kier molecular flexibility index (Phi) is 6.01. The Balaban J connectivity index is 1.72. The summed E-state index contributed by atoms with van der Waals surface area (Å²) in [5, 5.41) is 3.10. The molecule has 0 bridgehead atoms. The molecule has 156 valence electrons. The second-order valence-corrected chi connectivity index (χ2v) is 8.71. The van der Waals surface area contributed by atoms with E-state index in [-0.39, 0.29) is 11.5 Å². The fraction of sp³-hybridized carbons (Fsp3) is 0.130. The smallest absolute Gasteiger partial charge is 0.267 e. The molecule has 6 nitrogen and oxygen atoms in total. The minimum Gasteiger partial charge on any atom is -0.366 e. The van der Waals surface area contributed by atoms with Crippen molar-refractivity contribution in [3.8, 4) is 0 Å². The van der Waals surface area contributed by atoms with Gasteiger partial charge in [-0.2, -0.15) is 0 Å². The standard InChI is InChI=1S/C23H20N4O2S2/c1-3-11-24-20-17(21(28)26-12-5-4-6-19(26)25-20)13-18-22(29)27(23(30)31-18)14-16-9-7-15(2)8-10-16/h3-10,12-13,24H,1,11,14H2,2H3/b18-13+. The molecule has 1 saturated heterocycles. The number of anilines is 1. The average Bonchev–Trinajstić information content (AvgIpc) is 3.03. The maximum atomic E-state index is 13.1. The van der Waals surface area contributed by atoms with E-state index < -0.39 is 0 Å². The Bertz CT molecular complexity index is 1280. The van der Waals surface area contributed by atoms with Gasteiger partial charge in [0.2, 0.25) is 0 Å². The lowest BCUT2D eigenvalue weighted by Crippen LogP contribution is -2.27. The zero-order valence-electron chi connectivity index (χ0n) is 16.9. The first-order valence-electron chi connectivity index (χ1n) is 9.65. The van der Waals surface area contributed by atoms with Gasteiger partial charge < -0.3 is 5.32 Å². The maximum Gasteiger partial charge on any atom is 0.267 e. The number of pyridine rings is 1. The molecule has 4 rings (SSSR count). The quantitative estimate of drug-likeness (QED) is 0.349. The zero-order valence-corrected chi connectivity index (χ0v) is 18.5. The van der Waals surface area contributed by atoms with Gasteiger partial charge in [0, 0.05) is 12.7 Å². The largest absolute Gasteiger partial charge is 0.366 e. The van der Waals surface area contributed by atoms with Crippen LogP contribution in [0.15, 0.2) is 71.0 Å². The van der Waals surface area contributed by atoms with Gasteiger partial charge in [-0.1, -0.05) is 66.0 Å². The second-order valence-electron chi connectivity index (χ2n) is 7.03. The third-order valence-electron chi connectivity index (χ3n) is 4.79. The average molecular weight is 449 g/mol. The molecule has 8 heteroatoms. The van der Waals surface area contributed by atoms with Crippen molar-refractivity contribution in [2.24, 2.45) is 0 Å². The van der Waals surface area contributed by atoms with E-state index in [4.69, 9.17) is 12.2 Å². The number of rotatable bonds is 6. The lowest BCUT2D eigenvalue weighted by Gasteiger charge is -2.14. The third-order valence-corrected chi connectivity index (χ3v) is 6.17. The van der Waals surface area contributed by atoms with E-state index in [2.05, 4.69) is 16.9 Å². The van der Waals surface area contributed by atoms with Crippen LogP contribution in [0.4, 0.5) is 5.82 Å². The molecule has 3 aromatic rings. The summed E-state index contributed by atoms with van der Waals surface area (Å²) in [6, 6.07) is 13.3. The van der Waals surface area contributed by atoms with Crippen LogP contribution in [0.2, 0.25) is 0 Å². The van der Waals surface area contributed by atoms with Crippen molar-refractivity contribution in [2.75, 3.05) is 11.9 Å². The van der Waals surface area contributed by atoms with Gasteiger partial charge in [0.1, 0.15) is 15.8 Å². The Morgan fingerprint density at radius 3 is 2.71 bits per heavy atom. The van der Waals surface area contributed by atoms with Crippen LogP contribution in [0.3, 0.4) is 0 Å². The molecule has 31 heavy (non-hydrogen) atoms. The van der Waals surface area contributed by atoms with Crippen molar-refractivity contribution in [1.82, 2.24) is 14.3 Å². The normalized spacial score (nSPS) is 15.1. The fourth-order valence-electron chi connectivity index (χ4n) is 3.18. The van der Waals surface area contributed by atoms with Crippen LogP contribution in [-0.4, -0.2) is 31.1 Å². The highest BCUT2D eigenvalue weighted by molar-refractivity contribution is 8.26. The van der Waals surface area contributed by atoms with Crippen LogP contribution < -0.4 is 10.9 Å². The summed E-state index contributed by atoms with van der Waals surface area (Å²) >= 11 is 6.64. The van der Waals surface area contributed by atoms with E-state index in [0.717, 1.165) is 11.1 Å². The zero-order chi connectivity index (χ0) is 22.0. The van der Waals surface area contributed by atoms with E-state index >= 15 is 0 Å². The highest BCUT2D eigenvalue weighted by Gasteiger charge is 2.32. The minimum atomic E-state index is -0.263. The summed E-state index contributed by atoms with van der Waals surface area (Å²) in [6.07, 6.45) is 4.91. The van der Waals surface area contributed by atoms with Crippen LogP contribution in [0.25, 0.3) is 11.7 Å². The number of amides is 1. The monoisotopic (exact) mass is 448 g/mol. The van der Waals surface area contributed by atoms with Crippen LogP contribution in [0.5, 0.6) is 0 Å². The van der Waals surface area contributed by atoms with Gasteiger partial charge in [0.05, 0.1) is 17.0 Å². The summed E-state index contributed by atoms with van der Waals surface area (Å²) in [5.74, 6) is 0.183. The molecule has 1 aliphatic heterocycles. The Morgan fingerprint density at radius 1 is 1.19 bits per heavy atom. The van der Waals surface area contributed by atoms with Gasteiger partial charge in [-0.3, -0.25) is 18.9 Å². The number of aryl methyl sites for hydroxylation is 1.